The summed E-state index contributed by atoms with van der Waals surface area (Å²) in [5.74, 6) is 0.572. The molecular weight excluding hydrogens is 299 g/mol. The van der Waals surface area contributed by atoms with Gasteiger partial charge in [0, 0.05) is 17.2 Å². The van der Waals surface area contributed by atoms with Crippen LogP contribution < -0.4 is 0 Å². The molecule has 0 amide bonds. The number of nitriles is 1. The van der Waals surface area contributed by atoms with Gasteiger partial charge in [0.25, 0.3) is 0 Å². The third-order valence-corrected chi connectivity index (χ3v) is 4.02. The summed E-state index contributed by atoms with van der Waals surface area (Å²) in [5, 5.41) is 11.8. The lowest BCUT2D eigenvalue weighted by Crippen LogP contribution is -1.81. The molecule has 1 aromatic carbocycles. The maximum atomic E-state index is 13.7. The van der Waals surface area contributed by atoms with Crippen molar-refractivity contribution >= 4 is 23.0 Å². The summed E-state index contributed by atoms with van der Waals surface area (Å²) in [4.78, 5) is 4.28. The average Bonchev–Trinajstić information content (AvgIpc) is 3.14. The van der Waals surface area contributed by atoms with Crippen LogP contribution in [-0.2, 0) is 0 Å². The molecule has 0 radical (unpaired) electrons. The maximum Gasteiger partial charge on any atom is 0.137 e. The Balaban J connectivity index is 1.96. The van der Waals surface area contributed by atoms with E-state index in [1.165, 1.54) is 17.4 Å². The second-order valence-electron chi connectivity index (χ2n) is 4.65. The summed E-state index contributed by atoms with van der Waals surface area (Å²) in [5.41, 5.74) is 1.69. The molecule has 2 aromatic heterocycles. The Morgan fingerprint density at radius 1 is 1.32 bits per heavy atom. The van der Waals surface area contributed by atoms with Gasteiger partial charge in [0.1, 0.15) is 28.4 Å². The molecule has 0 spiro atoms. The summed E-state index contributed by atoms with van der Waals surface area (Å²) in [6.45, 7) is 1.87. The van der Waals surface area contributed by atoms with Gasteiger partial charge in [-0.3, -0.25) is 0 Å². The third-order valence-electron chi connectivity index (χ3n) is 3.02. The molecular formula is C17H11FN2OS. The first kappa shape index (κ1) is 14.2. The Labute approximate surface area is 131 Å². The summed E-state index contributed by atoms with van der Waals surface area (Å²) < 4.78 is 19.4. The van der Waals surface area contributed by atoms with Crippen LogP contribution in [-0.4, -0.2) is 4.98 Å². The van der Waals surface area contributed by atoms with Crippen LogP contribution in [0.3, 0.4) is 0 Å². The van der Waals surface area contributed by atoms with Gasteiger partial charge in [-0.05, 0) is 31.2 Å². The second kappa shape index (κ2) is 5.96. The van der Waals surface area contributed by atoms with Crippen LogP contribution >= 0.6 is 11.3 Å². The van der Waals surface area contributed by atoms with Crippen LogP contribution in [0.15, 0.2) is 46.2 Å². The fourth-order valence-corrected chi connectivity index (χ4v) is 2.76. The highest BCUT2D eigenvalue weighted by Gasteiger charge is 2.10. The molecule has 108 valence electrons. The highest BCUT2D eigenvalue weighted by atomic mass is 32.1. The number of allylic oxidation sites excluding steroid dienone is 1. The van der Waals surface area contributed by atoms with E-state index in [9.17, 15) is 9.65 Å². The highest BCUT2D eigenvalue weighted by Crippen LogP contribution is 2.27. The molecule has 3 nitrogen and oxygen atoms in total. The van der Waals surface area contributed by atoms with Crippen LogP contribution in [0.4, 0.5) is 4.39 Å². The van der Waals surface area contributed by atoms with Gasteiger partial charge in [-0.15, -0.1) is 11.3 Å². The average molecular weight is 310 g/mol. The Bertz CT molecular complexity index is 886. The van der Waals surface area contributed by atoms with Gasteiger partial charge in [0.15, 0.2) is 0 Å². The van der Waals surface area contributed by atoms with Gasteiger partial charge in [-0.1, -0.05) is 12.1 Å². The lowest BCUT2D eigenvalue weighted by Gasteiger charge is -1.98. The molecule has 0 aliphatic rings. The van der Waals surface area contributed by atoms with Crippen LogP contribution in [0, 0.1) is 24.1 Å². The van der Waals surface area contributed by atoms with Crippen molar-refractivity contribution in [1.29, 1.82) is 5.26 Å². The Hall–Kier alpha value is -2.71. The van der Waals surface area contributed by atoms with E-state index in [2.05, 4.69) is 11.1 Å². The predicted octanol–water partition coefficient (Wildman–Crippen LogP) is 4.91. The molecule has 0 aliphatic heterocycles. The number of rotatable bonds is 3. The molecule has 3 rings (SSSR count). The van der Waals surface area contributed by atoms with Crippen molar-refractivity contribution in [1.82, 2.24) is 4.98 Å². The van der Waals surface area contributed by atoms with Crippen molar-refractivity contribution in [2.75, 3.05) is 0 Å². The van der Waals surface area contributed by atoms with E-state index >= 15 is 0 Å². The highest BCUT2D eigenvalue weighted by molar-refractivity contribution is 7.11. The second-order valence-corrected chi connectivity index (χ2v) is 5.50. The minimum atomic E-state index is -0.344. The summed E-state index contributed by atoms with van der Waals surface area (Å²) >= 11 is 1.40. The summed E-state index contributed by atoms with van der Waals surface area (Å²) in [6.07, 6.45) is 1.61. The first-order valence-electron chi connectivity index (χ1n) is 6.56. The molecule has 22 heavy (non-hydrogen) atoms. The molecule has 0 saturated carbocycles. The van der Waals surface area contributed by atoms with Crippen molar-refractivity contribution in [3.8, 4) is 17.4 Å². The Morgan fingerprint density at radius 3 is 2.82 bits per heavy atom. The number of thiazole rings is 1. The molecule has 0 atom stereocenters. The van der Waals surface area contributed by atoms with Gasteiger partial charge >= 0.3 is 0 Å². The van der Waals surface area contributed by atoms with Gasteiger partial charge < -0.3 is 4.42 Å². The standard InChI is InChI=1S/C17H11FN2OS/c1-11-10-22-17(20-11)12(9-19)8-13-6-7-16(21-13)14-4-2-3-5-15(14)18/h2-8,10H,1H3/b12-8+. The van der Waals surface area contributed by atoms with Crippen molar-refractivity contribution in [2.45, 2.75) is 6.92 Å². The molecule has 0 saturated heterocycles. The van der Waals surface area contributed by atoms with Crippen LogP contribution in [0.25, 0.3) is 23.0 Å². The molecule has 0 aliphatic carbocycles. The van der Waals surface area contributed by atoms with E-state index in [1.54, 1.807) is 36.4 Å². The molecule has 0 bridgehead atoms. The predicted molar refractivity (Wildman–Crippen MR) is 84.4 cm³/mol. The molecule has 0 fully saturated rings. The number of benzene rings is 1. The number of halogens is 1. The zero-order valence-electron chi connectivity index (χ0n) is 11.7. The summed E-state index contributed by atoms with van der Waals surface area (Å²) in [6, 6.07) is 11.9. The third kappa shape index (κ3) is 2.83. The van der Waals surface area contributed by atoms with Gasteiger partial charge in [0.2, 0.25) is 0 Å². The van der Waals surface area contributed by atoms with Crippen molar-refractivity contribution in [2.24, 2.45) is 0 Å². The molecule has 0 unspecified atom stereocenters. The number of furan rings is 1. The SMILES string of the molecule is Cc1csc(/C(C#N)=C/c2ccc(-c3ccccc3F)o2)n1. The molecule has 0 N–H and O–H groups in total. The lowest BCUT2D eigenvalue weighted by molar-refractivity contribution is 0.561. The smallest absolute Gasteiger partial charge is 0.137 e. The maximum absolute atomic E-state index is 13.7. The minimum absolute atomic E-state index is 0.344. The minimum Gasteiger partial charge on any atom is -0.457 e. The van der Waals surface area contributed by atoms with Gasteiger partial charge in [-0.25, -0.2) is 9.37 Å². The van der Waals surface area contributed by atoms with E-state index in [-0.39, 0.29) is 5.82 Å². The van der Waals surface area contributed by atoms with E-state index in [0.717, 1.165) is 5.69 Å². The number of aryl methyl sites for hydroxylation is 1. The quantitative estimate of drug-likeness (QED) is 0.645. The van der Waals surface area contributed by atoms with E-state index in [1.807, 2.05) is 12.3 Å². The van der Waals surface area contributed by atoms with Crippen molar-refractivity contribution in [3.05, 3.63) is 64.1 Å². The normalized spacial score (nSPS) is 11.4. The molecule has 3 aromatic rings. The molecule has 2 heterocycles. The number of aromatic nitrogens is 1. The van der Waals surface area contributed by atoms with Crippen LogP contribution in [0.1, 0.15) is 16.5 Å². The number of nitrogens with zero attached hydrogens (tertiary/aromatic N) is 2. The Morgan fingerprint density at radius 2 is 2.14 bits per heavy atom. The van der Waals surface area contributed by atoms with E-state index in [0.29, 0.717) is 27.7 Å². The number of hydrogen-bond donors (Lipinski definition) is 0. The zero-order valence-corrected chi connectivity index (χ0v) is 12.5. The zero-order chi connectivity index (χ0) is 15.5. The first-order chi connectivity index (χ1) is 10.7. The first-order valence-corrected chi connectivity index (χ1v) is 7.44. The monoisotopic (exact) mass is 310 g/mol. The largest absolute Gasteiger partial charge is 0.457 e. The topological polar surface area (TPSA) is 49.8 Å². The fourth-order valence-electron chi connectivity index (χ4n) is 2.00. The number of hydrogen-bond acceptors (Lipinski definition) is 4. The van der Waals surface area contributed by atoms with Crippen molar-refractivity contribution in [3.63, 3.8) is 0 Å². The van der Waals surface area contributed by atoms with Gasteiger partial charge in [-0.2, -0.15) is 5.26 Å². The molecule has 5 heteroatoms. The van der Waals surface area contributed by atoms with Crippen LogP contribution in [0.2, 0.25) is 0 Å². The van der Waals surface area contributed by atoms with Crippen LogP contribution in [0.5, 0.6) is 0 Å². The van der Waals surface area contributed by atoms with E-state index < -0.39 is 0 Å². The van der Waals surface area contributed by atoms with E-state index in [4.69, 9.17) is 4.42 Å². The summed E-state index contributed by atoms with van der Waals surface area (Å²) in [7, 11) is 0. The Kier molecular flexibility index (Phi) is 3.86. The lowest BCUT2D eigenvalue weighted by atomic mass is 10.1. The fraction of sp³-hybridized carbons (Fsp3) is 0.0588. The van der Waals surface area contributed by atoms with Gasteiger partial charge in [0.05, 0.1) is 11.1 Å². The van der Waals surface area contributed by atoms with Crippen molar-refractivity contribution < 1.29 is 8.81 Å².